The van der Waals surface area contributed by atoms with Crippen LogP contribution in [0.15, 0.2) is 0 Å². The van der Waals surface area contributed by atoms with E-state index < -0.39 is 11.9 Å². The van der Waals surface area contributed by atoms with Gasteiger partial charge < -0.3 is 41.9 Å². The van der Waals surface area contributed by atoms with Gasteiger partial charge in [0, 0.05) is 37.9 Å². The molecule has 10 heteroatoms. The first kappa shape index (κ1) is 54.1. The number of carbonyl (C=O) groups excluding carboxylic acids is 4. The van der Waals surface area contributed by atoms with Crippen LogP contribution >= 0.6 is 0 Å². The molecule has 310 valence electrons. The molecule has 0 bridgehead atoms. The van der Waals surface area contributed by atoms with Crippen LogP contribution in [0.25, 0.3) is 0 Å². The lowest BCUT2D eigenvalue weighted by atomic mass is 10.1. The molecule has 0 heterocycles. The van der Waals surface area contributed by atoms with Crippen molar-refractivity contribution in [3.63, 3.8) is 0 Å². The Morgan fingerprint density at radius 2 is 0.596 bits per heavy atom. The average molecular weight is 743 g/mol. The zero-order valence-corrected chi connectivity index (χ0v) is 34.3. The van der Waals surface area contributed by atoms with Crippen LogP contribution in [0.5, 0.6) is 0 Å². The number of carboxylic acids is 2. The van der Waals surface area contributed by atoms with E-state index in [1.807, 2.05) is 0 Å². The third-order valence-electron chi connectivity index (χ3n) is 9.07. The SMILES string of the molecule is CCCCCCCCCCCCCC[NH3+].CCCCCCCCCCCCCC[NH3+].O=C([O-])CCC(=O)NCCCCCCNC(=O)CCC(=O)[O-]. The molecule has 2 amide bonds. The van der Waals surface area contributed by atoms with Crippen LogP contribution in [0.3, 0.4) is 0 Å². The molecule has 0 radical (unpaired) electrons. The molecule has 0 saturated heterocycles. The van der Waals surface area contributed by atoms with Crippen LogP contribution in [-0.4, -0.2) is 49.9 Å². The van der Waals surface area contributed by atoms with Crippen LogP contribution in [0, 0.1) is 0 Å². The average Bonchev–Trinajstić information content (AvgIpc) is 3.12. The van der Waals surface area contributed by atoms with E-state index in [0.29, 0.717) is 13.1 Å². The molecule has 0 spiro atoms. The second-order valence-corrected chi connectivity index (χ2v) is 14.3. The van der Waals surface area contributed by atoms with Crippen molar-refractivity contribution in [2.24, 2.45) is 0 Å². The maximum Gasteiger partial charge on any atom is 0.220 e. The van der Waals surface area contributed by atoms with E-state index >= 15 is 0 Å². The van der Waals surface area contributed by atoms with Gasteiger partial charge in [-0.3, -0.25) is 9.59 Å². The van der Waals surface area contributed by atoms with Crippen LogP contribution in [0.2, 0.25) is 0 Å². The van der Waals surface area contributed by atoms with Crippen molar-refractivity contribution in [2.45, 2.75) is 219 Å². The molecule has 0 aromatic heterocycles. The van der Waals surface area contributed by atoms with E-state index in [-0.39, 0.29) is 37.5 Å². The molecule has 0 atom stereocenters. The van der Waals surface area contributed by atoms with E-state index in [1.54, 1.807) is 0 Å². The molecule has 0 aliphatic rings. The molecule has 52 heavy (non-hydrogen) atoms. The van der Waals surface area contributed by atoms with E-state index in [2.05, 4.69) is 35.9 Å². The first-order valence-electron chi connectivity index (χ1n) is 21.8. The number of hydrogen-bond acceptors (Lipinski definition) is 6. The van der Waals surface area contributed by atoms with Gasteiger partial charge in [0.05, 0.1) is 13.1 Å². The van der Waals surface area contributed by atoms with Gasteiger partial charge >= 0.3 is 0 Å². The van der Waals surface area contributed by atoms with Crippen molar-refractivity contribution in [1.29, 1.82) is 0 Å². The molecule has 10 nitrogen and oxygen atoms in total. The van der Waals surface area contributed by atoms with Gasteiger partial charge in [0.15, 0.2) is 0 Å². The molecule has 0 unspecified atom stereocenters. The predicted octanol–water partition coefficient (Wildman–Crippen LogP) is 5.70. The second kappa shape index (κ2) is 48.8. The van der Waals surface area contributed by atoms with Gasteiger partial charge in [-0.15, -0.1) is 0 Å². The van der Waals surface area contributed by atoms with Crippen molar-refractivity contribution in [1.82, 2.24) is 10.6 Å². The summed E-state index contributed by atoms with van der Waals surface area (Å²) in [4.78, 5) is 42.6. The number of unbranched alkanes of at least 4 members (excludes halogenated alkanes) is 25. The fraction of sp³-hybridized carbons (Fsp3) is 0.905. The van der Waals surface area contributed by atoms with Gasteiger partial charge in [0.1, 0.15) is 0 Å². The summed E-state index contributed by atoms with van der Waals surface area (Å²) in [7, 11) is 0. The minimum atomic E-state index is -1.24. The third kappa shape index (κ3) is 57.2. The number of nitrogens with one attached hydrogen (secondary N) is 2. The highest BCUT2D eigenvalue weighted by Crippen LogP contribution is 2.12. The van der Waals surface area contributed by atoms with Crippen LogP contribution in [-0.2, 0) is 19.2 Å². The van der Waals surface area contributed by atoms with Crippen molar-refractivity contribution >= 4 is 23.8 Å². The fourth-order valence-corrected chi connectivity index (χ4v) is 5.70. The second-order valence-electron chi connectivity index (χ2n) is 14.3. The first-order chi connectivity index (χ1) is 25.2. The summed E-state index contributed by atoms with van der Waals surface area (Å²) in [5.74, 6) is -3.08. The van der Waals surface area contributed by atoms with Crippen LogP contribution in [0.4, 0.5) is 0 Å². The molecule has 0 aromatic carbocycles. The van der Waals surface area contributed by atoms with Gasteiger partial charge in [0.2, 0.25) is 11.8 Å². The van der Waals surface area contributed by atoms with E-state index in [0.717, 1.165) is 38.8 Å². The Labute approximate surface area is 320 Å². The number of carbonyl (C=O) groups is 4. The Bertz CT molecular complexity index is 683. The molecule has 0 rings (SSSR count). The Hall–Kier alpha value is -2.20. The summed E-state index contributed by atoms with van der Waals surface area (Å²) in [6, 6.07) is 0. The lowest BCUT2D eigenvalue weighted by Crippen LogP contribution is -2.50. The highest BCUT2D eigenvalue weighted by atomic mass is 16.4. The van der Waals surface area contributed by atoms with Crippen molar-refractivity contribution < 1.29 is 40.9 Å². The molecule has 8 N–H and O–H groups in total. The Morgan fingerprint density at radius 3 is 0.827 bits per heavy atom. The molecule has 0 aliphatic heterocycles. The summed E-state index contributed by atoms with van der Waals surface area (Å²) in [5.41, 5.74) is 7.74. The standard InChI is InChI=1S/C14H24N2O6.2C14H31N/c17-11(5-7-13(19)20)15-9-3-1-2-4-10-16-12(18)6-8-14(21)22;2*1-2-3-4-5-6-7-8-9-10-11-12-13-14-15/h1-10H2,(H,15,17)(H,16,18)(H,19,20)(H,21,22);2*2-15H2,1H3. The topological polar surface area (TPSA) is 194 Å². The molecule has 0 aromatic rings. The smallest absolute Gasteiger partial charge is 0.220 e. The quantitative estimate of drug-likeness (QED) is 0.0590. The number of amides is 2. The minimum absolute atomic E-state index is 0.0692. The maximum absolute atomic E-state index is 11.2. The van der Waals surface area contributed by atoms with Gasteiger partial charge in [-0.2, -0.15) is 0 Å². The zero-order valence-electron chi connectivity index (χ0n) is 34.3. The van der Waals surface area contributed by atoms with Gasteiger partial charge in [0.25, 0.3) is 0 Å². The summed E-state index contributed by atoms with van der Waals surface area (Å²) in [6.45, 7) is 7.79. The van der Waals surface area contributed by atoms with Crippen molar-refractivity contribution in [3.8, 4) is 0 Å². The normalized spacial score (nSPS) is 10.5. The number of quaternary nitrogens is 2. The van der Waals surface area contributed by atoms with Crippen LogP contribution < -0.4 is 32.3 Å². The fourth-order valence-electron chi connectivity index (χ4n) is 5.70. The summed E-state index contributed by atoms with van der Waals surface area (Å²) >= 11 is 0. The molecular weight excluding hydrogens is 656 g/mol. The minimum Gasteiger partial charge on any atom is -0.550 e. The largest absolute Gasteiger partial charge is 0.550 e. The third-order valence-corrected chi connectivity index (χ3v) is 9.07. The summed E-state index contributed by atoms with van der Waals surface area (Å²) < 4.78 is 0. The number of rotatable bonds is 37. The summed E-state index contributed by atoms with van der Waals surface area (Å²) in [6.07, 6.45) is 37.1. The Morgan fingerprint density at radius 1 is 0.365 bits per heavy atom. The molecular formula is C42H86N4O6. The molecule has 0 saturated carbocycles. The number of carboxylic acid groups (broad SMARTS) is 2. The maximum atomic E-state index is 11.2. The molecule has 0 fully saturated rings. The van der Waals surface area contributed by atoms with E-state index in [1.165, 1.54) is 154 Å². The number of aliphatic carboxylic acids is 2. The lowest BCUT2D eigenvalue weighted by molar-refractivity contribution is -0.368. The predicted molar refractivity (Wildman–Crippen MR) is 211 cm³/mol. The molecule has 0 aliphatic carbocycles. The Balaban J connectivity index is -0.000000714. The monoisotopic (exact) mass is 743 g/mol. The highest BCUT2D eigenvalue weighted by Gasteiger charge is 2.02. The summed E-state index contributed by atoms with van der Waals surface area (Å²) in [5, 5.41) is 25.5. The lowest BCUT2D eigenvalue weighted by Gasteiger charge is -2.07. The van der Waals surface area contributed by atoms with Gasteiger partial charge in [-0.05, 0) is 51.4 Å². The first-order valence-corrected chi connectivity index (χ1v) is 21.8. The van der Waals surface area contributed by atoms with Crippen molar-refractivity contribution in [3.05, 3.63) is 0 Å². The number of hydrogen-bond donors (Lipinski definition) is 4. The van der Waals surface area contributed by atoms with Gasteiger partial charge in [-0.25, -0.2) is 0 Å². The van der Waals surface area contributed by atoms with E-state index in [9.17, 15) is 29.4 Å². The Kier molecular flexibility index (Phi) is 50.8. The van der Waals surface area contributed by atoms with Crippen LogP contribution in [0.1, 0.15) is 219 Å². The highest BCUT2D eigenvalue weighted by molar-refractivity contribution is 5.80. The van der Waals surface area contributed by atoms with E-state index in [4.69, 9.17) is 0 Å². The van der Waals surface area contributed by atoms with Gasteiger partial charge in [-0.1, -0.05) is 155 Å². The zero-order chi connectivity index (χ0) is 39.2. The van der Waals surface area contributed by atoms with Crippen molar-refractivity contribution in [2.75, 3.05) is 26.2 Å².